The summed E-state index contributed by atoms with van der Waals surface area (Å²) in [6.07, 6.45) is -1.77. The molecule has 0 spiro atoms. The van der Waals surface area contributed by atoms with E-state index in [0.29, 0.717) is 19.3 Å². The Hall–Kier alpha value is -6.48. The molecule has 13 atom stereocenters. The SMILES string of the molecule is CC[C@H](C)[C@H](NC(=O)[C@H](CO)NC(=O)[C@H](CC(C)C)NC(=O)[C@@H](NC(=O)[C@@H]1CCCN1C(=O)[C@H](CCC(=O)O)NC(=O)[C@@H](NC(=O)[C@@H](N)[C@@H](C)O)[C@@H](C)CC)C(C)C)C(=O)N[C@@H](CC(C)C)C(=O)N[C@@H](CC(N)=O)C(=O)O. The van der Waals surface area contributed by atoms with Crippen molar-refractivity contribution in [3.63, 3.8) is 0 Å². The zero-order valence-corrected chi connectivity index (χ0v) is 46.3. The maximum absolute atomic E-state index is 14.2. The molecular weight excluding hydrogens is 1010 g/mol. The molecule has 77 heavy (non-hydrogen) atoms. The van der Waals surface area contributed by atoms with Crippen LogP contribution in [0, 0.1) is 29.6 Å². The van der Waals surface area contributed by atoms with E-state index >= 15 is 0 Å². The molecule has 1 rings (SSSR count). The number of aliphatic carboxylic acids is 2. The number of hydrogen-bond acceptors (Lipinski definition) is 15. The number of aliphatic hydroxyl groups excluding tert-OH is 2. The predicted octanol–water partition coefficient (Wildman–Crippen LogP) is -2.78. The average Bonchev–Trinajstić information content (AvgIpc) is 3.84. The number of nitrogens with two attached hydrogens (primary N) is 2. The van der Waals surface area contributed by atoms with E-state index in [-0.39, 0.29) is 44.1 Å². The Morgan fingerprint density at radius 2 is 1.00 bits per heavy atom. The summed E-state index contributed by atoms with van der Waals surface area (Å²) in [5.41, 5.74) is 10.9. The highest BCUT2D eigenvalue weighted by Gasteiger charge is 2.42. The van der Waals surface area contributed by atoms with E-state index in [1.165, 1.54) is 11.8 Å². The summed E-state index contributed by atoms with van der Waals surface area (Å²) in [5, 5.41) is 59.3. The lowest BCUT2D eigenvalue weighted by Gasteiger charge is -2.32. The first kappa shape index (κ1) is 68.5. The van der Waals surface area contributed by atoms with Crippen molar-refractivity contribution in [1.82, 2.24) is 47.4 Å². The van der Waals surface area contributed by atoms with Gasteiger partial charge in [-0.15, -0.1) is 0 Å². The van der Waals surface area contributed by atoms with Gasteiger partial charge < -0.3 is 79.3 Å². The van der Waals surface area contributed by atoms with Crippen molar-refractivity contribution in [1.29, 1.82) is 0 Å². The summed E-state index contributed by atoms with van der Waals surface area (Å²) >= 11 is 0. The summed E-state index contributed by atoms with van der Waals surface area (Å²) in [6, 6.07) is -14.0. The van der Waals surface area contributed by atoms with Crippen LogP contribution in [-0.2, 0) is 57.5 Å². The van der Waals surface area contributed by atoms with Crippen molar-refractivity contribution in [3.05, 3.63) is 0 Å². The second kappa shape index (κ2) is 33.0. The molecule has 0 aromatic rings. The Morgan fingerprint density at radius 1 is 0.571 bits per heavy atom. The molecule has 27 nitrogen and oxygen atoms in total. The number of carboxylic acid groups (broad SMARTS) is 2. The third-order valence-corrected chi connectivity index (χ3v) is 13.3. The molecule has 0 aromatic heterocycles. The van der Waals surface area contributed by atoms with Crippen LogP contribution in [0.1, 0.15) is 134 Å². The molecule has 10 amide bonds. The molecule has 1 saturated heterocycles. The van der Waals surface area contributed by atoms with Crippen LogP contribution in [0.15, 0.2) is 0 Å². The van der Waals surface area contributed by atoms with Gasteiger partial charge in [0.15, 0.2) is 0 Å². The summed E-state index contributed by atoms with van der Waals surface area (Å²) < 4.78 is 0. The van der Waals surface area contributed by atoms with E-state index in [1.54, 1.807) is 69.2 Å². The van der Waals surface area contributed by atoms with Gasteiger partial charge in [-0.05, 0) is 68.6 Å². The molecular formula is C50H87N11O16. The fourth-order valence-corrected chi connectivity index (χ4v) is 8.27. The number of hydrogen-bond donors (Lipinski definition) is 14. The molecule has 1 aliphatic heterocycles. The normalized spacial score (nSPS) is 18.1. The zero-order valence-electron chi connectivity index (χ0n) is 46.3. The monoisotopic (exact) mass is 1100 g/mol. The van der Waals surface area contributed by atoms with Crippen molar-refractivity contribution in [3.8, 4) is 0 Å². The van der Waals surface area contributed by atoms with Gasteiger partial charge in [0.2, 0.25) is 59.1 Å². The average molecular weight is 1100 g/mol. The number of carboxylic acids is 2. The van der Waals surface area contributed by atoms with Crippen LogP contribution >= 0.6 is 0 Å². The van der Waals surface area contributed by atoms with Gasteiger partial charge in [0.25, 0.3) is 0 Å². The van der Waals surface area contributed by atoms with Crippen LogP contribution in [0.5, 0.6) is 0 Å². The molecule has 0 aromatic carbocycles. The summed E-state index contributed by atoms with van der Waals surface area (Å²) in [5.74, 6) is -13.8. The molecule has 27 heteroatoms. The Bertz CT molecular complexity index is 2070. The standard InChI is InChI=1S/C50H87N11O16/c1-12-26(9)39(48(74)55-30(19-23(3)4)41(67)56-32(50(76)77)21-35(51)64)59-43(69)33(22-62)57-42(68)31(20-24(5)6)54-46(72)38(25(7)8)58-44(70)34-15-14-18-61(34)49(75)29(16-17-36(65)66)53-47(73)40(27(10)13-2)60-45(71)37(52)28(11)63/h23-34,37-40,62-63H,12-22,52H2,1-11H3,(H2,51,64)(H,53,73)(H,54,72)(H,55,74)(H,56,67)(H,57,68)(H,58,70)(H,59,69)(H,60,71)(H,65,66)(H,76,77)/t26-,27-,28+,29-,30-,31-,32-,33-,34-,37-,38-,39-,40-/m0/s1. The van der Waals surface area contributed by atoms with E-state index in [9.17, 15) is 78.0 Å². The summed E-state index contributed by atoms with van der Waals surface area (Å²) in [4.78, 5) is 160. The van der Waals surface area contributed by atoms with E-state index in [2.05, 4.69) is 42.5 Å². The zero-order chi connectivity index (χ0) is 59.2. The minimum absolute atomic E-state index is 0.00122. The second-order valence-electron chi connectivity index (χ2n) is 21.1. The molecule has 0 bridgehead atoms. The van der Waals surface area contributed by atoms with Crippen LogP contribution in [0.2, 0.25) is 0 Å². The molecule has 0 radical (unpaired) electrons. The fraction of sp³-hybridized carbons (Fsp3) is 0.760. The number of nitrogens with one attached hydrogen (secondary N) is 8. The highest BCUT2D eigenvalue weighted by Crippen LogP contribution is 2.22. The first-order chi connectivity index (χ1) is 35.8. The highest BCUT2D eigenvalue weighted by molar-refractivity contribution is 5.99. The molecule has 438 valence electrons. The quantitative estimate of drug-likeness (QED) is 0.0310. The van der Waals surface area contributed by atoms with Gasteiger partial charge in [0.1, 0.15) is 60.4 Å². The third kappa shape index (κ3) is 22.6. The molecule has 1 heterocycles. The van der Waals surface area contributed by atoms with E-state index < -0.39 is 175 Å². The van der Waals surface area contributed by atoms with E-state index in [0.717, 1.165) is 0 Å². The number of carbonyl (C=O) groups excluding carboxylic acids is 10. The van der Waals surface area contributed by atoms with Crippen molar-refractivity contribution in [2.45, 2.75) is 200 Å². The third-order valence-electron chi connectivity index (χ3n) is 13.3. The lowest BCUT2D eigenvalue weighted by molar-refractivity contribution is -0.144. The van der Waals surface area contributed by atoms with Gasteiger partial charge in [-0.2, -0.15) is 0 Å². The fourth-order valence-electron chi connectivity index (χ4n) is 8.27. The molecule has 0 aliphatic carbocycles. The van der Waals surface area contributed by atoms with Gasteiger partial charge in [-0.25, -0.2) is 4.79 Å². The molecule has 16 N–H and O–H groups in total. The van der Waals surface area contributed by atoms with Crippen molar-refractivity contribution in [2.75, 3.05) is 13.2 Å². The Balaban J connectivity index is 3.37. The number of nitrogens with zero attached hydrogens (tertiary/aromatic N) is 1. The smallest absolute Gasteiger partial charge is 0.326 e. The van der Waals surface area contributed by atoms with E-state index in [1.807, 2.05) is 0 Å². The lowest BCUT2D eigenvalue weighted by Crippen LogP contribution is -2.62. The van der Waals surface area contributed by atoms with Crippen LogP contribution in [0.4, 0.5) is 0 Å². The Kier molecular flexibility index (Phi) is 29.3. The molecule has 1 aliphatic rings. The first-order valence-corrected chi connectivity index (χ1v) is 26.3. The van der Waals surface area contributed by atoms with Crippen LogP contribution in [-0.4, -0.2) is 176 Å². The molecule has 0 unspecified atom stereocenters. The Labute approximate surface area is 450 Å². The van der Waals surface area contributed by atoms with Gasteiger partial charge >= 0.3 is 11.9 Å². The summed E-state index contributed by atoms with van der Waals surface area (Å²) in [6.45, 7) is 17.3. The van der Waals surface area contributed by atoms with Crippen molar-refractivity contribution < 1.29 is 78.0 Å². The van der Waals surface area contributed by atoms with E-state index in [4.69, 9.17) is 11.5 Å². The topological polar surface area (TPSA) is 437 Å². The number of rotatable bonds is 34. The lowest BCUT2D eigenvalue weighted by atomic mass is 9.96. The first-order valence-electron chi connectivity index (χ1n) is 26.3. The Morgan fingerprint density at radius 3 is 1.40 bits per heavy atom. The molecule has 1 fully saturated rings. The largest absolute Gasteiger partial charge is 0.481 e. The van der Waals surface area contributed by atoms with Crippen LogP contribution in [0.25, 0.3) is 0 Å². The second-order valence-corrected chi connectivity index (χ2v) is 21.1. The minimum atomic E-state index is -1.69. The maximum Gasteiger partial charge on any atom is 0.326 e. The van der Waals surface area contributed by atoms with Gasteiger partial charge in [0, 0.05) is 13.0 Å². The van der Waals surface area contributed by atoms with Crippen molar-refractivity contribution in [2.24, 2.45) is 41.1 Å². The van der Waals surface area contributed by atoms with Gasteiger partial charge in [0.05, 0.1) is 19.1 Å². The number of likely N-dealkylation sites (tertiary alicyclic amines) is 1. The maximum atomic E-state index is 14.2. The number of primary amides is 1. The van der Waals surface area contributed by atoms with Crippen LogP contribution in [0.3, 0.4) is 0 Å². The number of amides is 10. The predicted molar refractivity (Wildman–Crippen MR) is 278 cm³/mol. The van der Waals surface area contributed by atoms with Gasteiger partial charge in [-0.1, -0.05) is 82.1 Å². The number of aliphatic hydroxyl groups is 2. The highest BCUT2D eigenvalue weighted by atomic mass is 16.4. The van der Waals surface area contributed by atoms with Gasteiger partial charge in [-0.3, -0.25) is 52.7 Å². The van der Waals surface area contributed by atoms with Crippen molar-refractivity contribution >= 4 is 71.0 Å². The minimum Gasteiger partial charge on any atom is -0.481 e. The summed E-state index contributed by atoms with van der Waals surface area (Å²) in [7, 11) is 0. The number of carbonyl (C=O) groups is 12. The molecule has 0 saturated carbocycles. The van der Waals surface area contributed by atoms with Crippen LogP contribution < -0.4 is 54.0 Å².